The van der Waals surface area contributed by atoms with E-state index in [9.17, 15) is 10.5 Å². The molecule has 15 heavy (non-hydrogen) atoms. The predicted molar refractivity (Wildman–Crippen MR) is 54.5 cm³/mol. The predicted octanol–water partition coefficient (Wildman–Crippen LogP) is 1.74. The van der Waals surface area contributed by atoms with Crippen molar-refractivity contribution in [2.24, 2.45) is 22.7 Å². The Morgan fingerprint density at radius 3 is 1.67 bits per heavy atom. The fraction of sp³-hybridized carbons (Fsp3) is 0.636. The molecule has 4 unspecified atom stereocenters. The average Bonchev–Trinajstić information content (AvgIpc) is 2.85. The minimum atomic E-state index is -1.05. The molecule has 2 bridgehead atoms. The number of nitrogens with one attached hydrogen (secondary N) is 2. The van der Waals surface area contributed by atoms with Gasteiger partial charge in [0.1, 0.15) is 10.8 Å². The van der Waals surface area contributed by atoms with Crippen LogP contribution >= 0.6 is 0 Å². The van der Waals surface area contributed by atoms with E-state index in [1.807, 2.05) is 0 Å². The molecule has 2 rings (SSSR count). The summed E-state index contributed by atoms with van der Waals surface area (Å²) in [5.41, 5.74) is -2.10. The summed E-state index contributed by atoms with van der Waals surface area (Å²) >= 11 is 0. The maximum absolute atomic E-state index is 9.28. The van der Waals surface area contributed by atoms with Crippen molar-refractivity contribution >= 4 is 12.4 Å². The molecule has 0 radical (unpaired) electrons. The van der Waals surface area contributed by atoms with E-state index in [1.165, 1.54) is 0 Å². The van der Waals surface area contributed by atoms with Crippen LogP contribution < -0.4 is 0 Å². The molecule has 4 nitrogen and oxygen atoms in total. The van der Waals surface area contributed by atoms with Crippen molar-refractivity contribution in [2.45, 2.75) is 19.3 Å². The molecule has 0 spiro atoms. The number of rotatable bonds is 2. The van der Waals surface area contributed by atoms with Gasteiger partial charge in [-0.25, -0.2) is 0 Å². The van der Waals surface area contributed by atoms with E-state index < -0.39 is 10.8 Å². The zero-order valence-electron chi connectivity index (χ0n) is 8.33. The van der Waals surface area contributed by atoms with E-state index in [0.29, 0.717) is 0 Å². The van der Waals surface area contributed by atoms with Gasteiger partial charge in [0.2, 0.25) is 0 Å². The summed E-state index contributed by atoms with van der Waals surface area (Å²) in [6.07, 6.45) is 4.83. The Kier molecular flexibility index (Phi) is 1.91. The number of fused-ring (bicyclic) bond motifs is 2. The molecule has 0 aliphatic heterocycles. The highest BCUT2D eigenvalue weighted by molar-refractivity contribution is 5.83. The van der Waals surface area contributed by atoms with E-state index >= 15 is 0 Å². The molecule has 76 valence electrons. The van der Waals surface area contributed by atoms with Gasteiger partial charge in [-0.2, -0.15) is 10.5 Å². The van der Waals surface area contributed by atoms with Crippen molar-refractivity contribution in [2.75, 3.05) is 0 Å². The van der Waals surface area contributed by atoms with Gasteiger partial charge in [0.05, 0.1) is 12.1 Å². The lowest BCUT2D eigenvalue weighted by Gasteiger charge is -2.39. The molecule has 0 amide bonds. The molecule has 0 aromatic rings. The van der Waals surface area contributed by atoms with Crippen molar-refractivity contribution < 1.29 is 0 Å². The van der Waals surface area contributed by atoms with Crippen LogP contribution in [0.5, 0.6) is 0 Å². The average molecular weight is 200 g/mol. The summed E-state index contributed by atoms with van der Waals surface area (Å²) in [6.45, 7) is 0. The largest absolute Gasteiger partial charge is 0.311 e. The standard InChI is InChI=1S/C11H12N4/c12-4-10(5-13)8-1-2-9(3-8)11(10,6-14)7-15/h4,6,8-9,12,14H,1-3H2. The number of nitriles is 2. The van der Waals surface area contributed by atoms with Gasteiger partial charge in [-0.05, 0) is 31.1 Å². The number of hydrogen-bond acceptors (Lipinski definition) is 4. The van der Waals surface area contributed by atoms with Gasteiger partial charge in [-0.1, -0.05) is 0 Å². The summed E-state index contributed by atoms with van der Waals surface area (Å²) in [6, 6.07) is 4.27. The van der Waals surface area contributed by atoms with Crippen molar-refractivity contribution in [1.29, 1.82) is 21.3 Å². The molecule has 0 aromatic heterocycles. The SMILES string of the molecule is N#CC1(C=N)C2CCC(C2)C1(C#N)C=N. The van der Waals surface area contributed by atoms with Crippen molar-refractivity contribution in [3.63, 3.8) is 0 Å². The van der Waals surface area contributed by atoms with Crippen LogP contribution in [-0.2, 0) is 0 Å². The number of hydrogen-bond donors (Lipinski definition) is 2. The second-order valence-corrected chi connectivity index (χ2v) is 4.46. The molecule has 0 heterocycles. The Bertz CT molecular complexity index is 364. The zero-order valence-corrected chi connectivity index (χ0v) is 8.33. The first kappa shape index (κ1) is 9.86. The highest BCUT2D eigenvalue weighted by Crippen LogP contribution is 2.64. The van der Waals surface area contributed by atoms with E-state index in [0.717, 1.165) is 31.7 Å². The van der Waals surface area contributed by atoms with Crippen LogP contribution in [0.2, 0.25) is 0 Å². The summed E-state index contributed by atoms with van der Waals surface area (Å²) in [5, 5.41) is 33.5. The molecule has 0 aromatic carbocycles. The molecule has 4 heteroatoms. The maximum atomic E-state index is 9.28. The van der Waals surface area contributed by atoms with Crippen LogP contribution in [0.3, 0.4) is 0 Å². The summed E-state index contributed by atoms with van der Waals surface area (Å²) in [7, 11) is 0. The Balaban J connectivity index is 2.64. The minimum absolute atomic E-state index is 0.0891. The van der Waals surface area contributed by atoms with E-state index in [-0.39, 0.29) is 11.8 Å². The molecule has 2 N–H and O–H groups in total. The Morgan fingerprint density at radius 1 is 1.00 bits per heavy atom. The first-order chi connectivity index (χ1) is 7.20. The van der Waals surface area contributed by atoms with Gasteiger partial charge in [0, 0.05) is 12.4 Å². The third-order valence-electron chi connectivity index (χ3n) is 4.23. The first-order valence-electron chi connectivity index (χ1n) is 5.06. The molecular weight excluding hydrogens is 188 g/mol. The van der Waals surface area contributed by atoms with Crippen LogP contribution in [0.4, 0.5) is 0 Å². The van der Waals surface area contributed by atoms with Gasteiger partial charge in [-0.3, -0.25) is 0 Å². The van der Waals surface area contributed by atoms with E-state index in [2.05, 4.69) is 12.1 Å². The van der Waals surface area contributed by atoms with Gasteiger partial charge in [0.15, 0.2) is 0 Å². The minimum Gasteiger partial charge on any atom is -0.311 e. The van der Waals surface area contributed by atoms with Gasteiger partial charge < -0.3 is 10.8 Å². The molecular formula is C11H12N4. The lowest BCUT2D eigenvalue weighted by molar-refractivity contribution is 0.222. The smallest absolute Gasteiger partial charge is 0.118 e. The Morgan fingerprint density at radius 2 is 1.40 bits per heavy atom. The van der Waals surface area contributed by atoms with Gasteiger partial charge in [0.25, 0.3) is 0 Å². The van der Waals surface area contributed by atoms with Crippen LogP contribution in [-0.4, -0.2) is 12.4 Å². The third kappa shape index (κ3) is 0.807. The molecule has 2 fully saturated rings. The zero-order chi connectivity index (χ0) is 11.1. The fourth-order valence-electron chi connectivity index (χ4n) is 3.39. The Labute approximate surface area is 88.5 Å². The number of nitrogens with zero attached hydrogens (tertiary/aromatic N) is 2. The highest BCUT2D eigenvalue weighted by Gasteiger charge is 2.67. The van der Waals surface area contributed by atoms with Gasteiger partial charge >= 0.3 is 0 Å². The molecule has 2 saturated carbocycles. The second-order valence-electron chi connectivity index (χ2n) is 4.46. The second kappa shape index (κ2) is 2.90. The highest BCUT2D eigenvalue weighted by atomic mass is 14.7. The van der Waals surface area contributed by atoms with Gasteiger partial charge in [-0.15, -0.1) is 0 Å². The molecule has 4 atom stereocenters. The van der Waals surface area contributed by atoms with Crippen LogP contribution in [0.25, 0.3) is 0 Å². The summed E-state index contributed by atoms with van der Waals surface area (Å²) in [4.78, 5) is 0. The first-order valence-corrected chi connectivity index (χ1v) is 5.06. The van der Waals surface area contributed by atoms with E-state index in [1.54, 1.807) is 0 Å². The van der Waals surface area contributed by atoms with E-state index in [4.69, 9.17) is 10.8 Å². The quantitative estimate of drug-likeness (QED) is 0.664. The van der Waals surface area contributed by atoms with Crippen molar-refractivity contribution in [3.05, 3.63) is 0 Å². The van der Waals surface area contributed by atoms with Crippen LogP contribution in [0, 0.1) is 56.1 Å². The van der Waals surface area contributed by atoms with Crippen LogP contribution in [0.15, 0.2) is 0 Å². The monoisotopic (exact) mass is 200 g/mol. The maximum Gasteiger partial charge on any atom is 0.118 e. The van der Waals surface area contributed by atoms with Crippen molar-refractivity contribution in [3.8, 4) is 12.1 Å². The summed E-state index contributed by atoms with van der Waals surface area (Å²) in [5.74, 6) is 0.178. The van der Waals surface area contributed by atoms with Crippen LogP contribution in [0.1, 0.15) is 19.3 Å². The lowest BCUT2D eigenvalue weighted by Crippen LogP contribution is -2.47. The summed E-state index contributed by atoms with van der Waals surface area (Å²) < 4.78 is 0. The molecule has 0 saturated heterocycles. The third-order valence-corrected chi connectivity index (χ3v) is 4.23. The lowest BCUT2D eigenvalue weighted by atomic mass is 9.58. The topological polar surface area (TPSA) is 95.3 Å². The molecule has 2 aliphatic carbocycles. The molecule has 2 aliphatic rings. The fourth-order valence-corrected chi connectivity index (χ4v) is 3.39. The Hall–Kier alpha value is -1.68. The normalized spacial score (nSPS) is 46.8. The van der Waals surface area contributed by atoms with Crippen molar-refractivity contribution in [1.82, 2.24) is 0 Å².